The smallest absolute Gasteiger partial charge is 0.246 e. The van der Waals surface area contributed by atoms with Gasteiger partial charge in [0.15, 0.2) is 11.5 Å². The van der Waals surface area contributed by atoms with E-state index in [9.17, 15) is 12.8 Å². The van der Waals surface area contributed by atoms with E-state index in [4.69, 9.17) is 9.47 Å². The van der Waals surface area contributed by atoms with Crippen LogP contribution in [-0.4, -0.2) is 52.6 Å². The van der Waals surface area contributed by atoms with Crippen LogP contribution in [0.25, 0.3) is 0 Å². The summed E-state index contributed by atoms with van der Waals surface area (Å²) in [5.41, 5.74) is 0. The van der Waals surface area contributed by atoms with E-state index in [0.29, 0.717) is 25.9 Å². The predicted molar refractivity (Wildman–Crippen MR) is 92.2 cm³/mol. The first-order chi connectivity index (χ1) is 11.0. The Morgan fingerprint density at radius 3 is 2.42 bits per heavy atom. The van der Waals surface area contributed by atoms with Gasteiger partial charge in [-0.2, -0.15) is 4.31 Å². The predicted octanol–water partition coefficient (Wildman–Crippen LogP) is 2.03. The van der Waals surface area contributed by atoms with Crippen molar-refractivity contribution in [1.29, 1.82) is 0 Å². The molecular weight excluding hydrogens is 359 g/mol. The minimum atomic E-state index is -3.95. The summed E-state index contributed by atoms with van der Waals surface area (Å²) in [6.45, 7) is 3.58. The molecule has 1 aliphatic heterocycles. The Morgan fingerprint density at radius 2 is 1.92 bits per heavy atom. The van der Waals surface area contributed by atoms with Gasteiger partial charge < -0.3 is 14.8 Å². The van der Waals surface area contributed by atoms with E-state index >= 15 is 0 Å². The molecule has 0 saturated carbocycles. The van der Waals surface area contributed by atoms with Crippen LogP contribution in [0.15, 0.2) is 17.0 Å². The first-order valence-corrected chi connectivity index (χ1v) is 9.03. The zero-order chi connectivity index (χ0) is 17.0. The van der Waals surface area contributed by atoms with Gasteiger partial charge in [-0.1, -0.05) is 6.92 Å². The van der Waals surface area contributed by atoms with Gasteiger partial charge in [-0.15, -0.1) is 12.4 Å². The summed E-state index contributed by atoms with van der Waals surface area (Å²) in [6, 6.07) is 2.07. The molecule has 0 amide bonds. The van der Waals surface area contributed by atoms with Crippen molar-refractivity contribution < 1.29 is 22.3 Å². The number of halogens is 2. The molecule has 24 heavy (non-hydrogen) atoms. The maximum absolute atomic E-state index is 14.4. The minimum absolute atomic E-state index is 0. The van der Waals surface area contributed by atoms with Crippen molar-refractivity contribution in [3.05, 3.63) is 17.9 Å². The van der Waals surface area contributed by atoms with E-state index in [1.165, 1.54) is 24.6 Å². The van der Waals surface area contributed by atoms with Crippen LogP contribution in [-0.2, 0) is 10.0 Å². The van der Waals surface area contributed by atoms with Crippen LogP contribution >= 0.6 is 12.4 Å². The number of sulfonamides is 1. The average Bonchev–Trinajstić information content (AvgIpc) is 3.05. The van der Waals surface area contributed by atoms with E-state index in [-0.39, 0.29) is 34.8 Å². The maximum atomic E-state index is 14.4. The van der Waals surface area contributed by atoms with E-state index < -0.39 is 15.8 Å². The molecule has 9 heteroatoms. The number of nitrogens with zero attached hydrogens (tertiary/aromatic N) is 1. The Kier molecular flexibility index (Phi) is 7.72. The highest BCUT2D eigenvalue weighted by Gasteiger charge is 2.35. The molecule has 1 fully saturated rings. The van der Waals surface area contributed by atoms with Gasteiger partial charge in [-0.05, 0) is 19.4 Å². The molecule has 1 saturated heterocycles. The molecule has 1 heterocycles. The van der Waals surface area contributed by atoms with Crippen LogP contribution in [0.3, 0.4) is 0 Å². The van der Waals surface area contributed by atoms with Crippen LogP contribution in [0.1, 0.15) is 19.8 Å². The summed E-state index contributed by atoms with van der Waals surface area (Å²) in [6.07, 6.45) is 1.37. The average molecular weight is 383 g/mol. The summed E-state index contributed by atoms with van der Waals surface area (Å²) in [5, 5.41) is 3.15. The normalized spacial score (nSPS) is 17.6. The van der Waals surface area contributed by atoms with Gasteiger partial charge in [-0.3, -0.25) is 0 Å². The highest BCUT2D eigenvalue weighted by atomic mass is 35.5. The van der Waals surface area contributed by atoms with Crippen LogP contribution in [0.4, 0.5) is 4.39 Å². The topological polar surface area (TPSA) is 67.9 Å². The molecule has 0 bridgehead atoms. The van der Waals surface area contributed by atoms with E-state index in [1.807, 2.05) is 6.92 Å². The number of hydrogen-bond donors (Lipinski definition) is 1. The molecule has 138 valence electrons. The van der Waals surface area contributed by atoms with Gasteiger partial charge >= 0.3 is 0 Å². The lowest BCUT2D eigenvalue weighted by Crippen LogP contribution is -2.42. The Hall–Kier alpha value is -1.09. The second kappa shape index (κ2) is 8.84. The molecule has 1 unspecified atom stereocenters. The summed E-state index contributed by atoms with van der Waals surface area (Å²) in [4.78, 5) is -0.379. The summed E-state index contributed by atoms with van der Waals surface area (Å²) >= 11 is 0. The van der Waals surface area contributed by atoms with Gasteiger partial charge in [0, 0.05) is 31.3 Å². The monoisotopic (exact) mass is 382 g/mol. The third-order valence-corrected chi connectivity index (χ3v) is 5.88. The summed E-state index contributed by atoms with van der Waals surface area (Å²) < 4.78 is 51.8. The number of nitrogens with one attached hydrogen (secondary N) is 1. The lowest BCUT2D eigenvalue weighted by Gasteiger charge is -2.27. The lowest BCUT2D eigenvalue weighted by atomic mass is 10.2. The first kappa shape index (κ1) is 21.0. The molecule has 6 nitrogen and oxygen atoms in total. The van der Waals surface area contributed by atoms with Crippen molar-refractivity contribution in [3.63, 3.8) is 0 Å². The van der Waals surface area contributed by atoms with Gasteiger partial charge in [-0.25, -0.2) is 12.8 Å². The molecule has 0 aromatic heterocycles. The van der Waals surface area contributed by atoms with Crippen LogP contribution in [0.2, 0.25) is 0 Å². The van der Waals surface area contributed by atoms with E-state index in [1.54, 1.807) is 0 Å². The summed E-state index contributed by atoms with van der Waals surface area (Å²) in [5.74, 6) is -0.489. The number of benzene rings is 1. The van der Waals surface area contributed by atoms with Gasteiger partial charge in [0.05, 0.1) is 14.2 Å². The standard InChI is InChI=1S/C15H23FN2O4S.ClH/c1-4-7-18(11-5-6-17-10-11)23(19,20)15-9-14(22-3)13(21-2)8-12(15)16;/h8-9,11,17H,4-7,10H2,1-3H3;1H. The number of rotatable bonds is 7. The van der Waals surface area contributed by atoms with Crippen molar-refractivity contribution >= 4 is 22.4 Å². The third kappa shape index (κ3) is 4.11. The fourth-order valence-electron chi connectivity index (χ4n) is 2.76. The van der Waals surface area contributed by atoms with E-state index in [2.05, 4.69) is 5.32 Å². The number of ether oxygens (including phenoxy) is 2. The first-order valence-electron chi connectivity index (χ1n) is 7.59. The van der Waals surface area contributed by atoms with Crippen LogP contribution in [0.5, 0.6) is 11.5 Å². The van der Waals surface area contributed by atoms with Crippen molar-refractivity contribution in [3.8, 4) is 11.5 Å². The maximum Gasteiger partial charge on any atom is 0.246 e. The molecule has 1 aromatic carbocycles. The quantitative estimate of drug-likeness (QED) is 0.781. The number of hydrogen-bond acceptors (Lipinski definition) is 5. The molecular formula is C15H24ClFN2O4S. The van der Waals surface area contributed by atoms with Gasteiger partial charge in [0.1, 0.15) is 10.7 Å². The molecule has 0 aliphatic carbocycles. The minimum Gasteiger partial charge on any atom is -0.493 e. The van der Waals surface area contributed by atoms with Crippen molar-refractivity contribution in [2.75, 3.05) is 33.9 Å². The Morgan fingerprint density at radius 1 is 1.29 bits per heavy atom. The molecule has 0 radical (unpaired) electrons. The van der Waals surface area contributed by atoms with Crippen molar-refractivity contribution in [2.24, 2.45) is 0 Å². The number of methoxy groups -OCH3 is 2. The van der Waals surface area contributed by atoms with E-state index in [0.717, 1.165) is 12.6 Å². The fourth-order valence-corrected chi connectivity index (χ4v) is 4.57. The van der Waals surface area contributed by atoms with Gasteiger partial charge in [0.25, 0.3) is 0 Å². The van der Waals surface area contributed by atoms with Gasteiger partial charge in [0.2, 0.25) is 10.0 Å². The Bertz CT molecular complexity index is 651. The molecule has 1 aromatic rings. The lowest BCUT2D eigenvalue weighted by molar-refractivity contribution is 0.330. The van der Waals surface area contributed by atoms with Crippen molar-refractivity contribution in [1.82, 2.24) is 9.62 Å². The largest absolute Gasteiger partial charge is 0.493 e. The molecule has 1 atom stereocenters. The Balaban J connectivity index is 0.00000288. The summed E-state index contributed by atoms with van der Waals surface area (Å²) in [7, 11) is -1.19. The Labute approximate surface area is 148 Å². The molecule has 2 rings (SSSR count). The molecule has 1 N–H and O–H groups in total. The highest BCUT2D eigenvalue weighted by Crippen LogP contribution is 2.34. The molecule has 0 spiro atoms. The SMILES string of the molecule is CCCN(C1CCNC1)S(=O)(=O)c1cc(OC)c(OC)cc1F.Cl. The fraction of sp³-hybridized carbons (Fsp3) is 0.600. The highest BCUT2D eigenvalue weighted by molar-refractivity contribution is 7.89. The second-order valence-corrected chi connectivity index (χ2v) is 7.26. The zero-order valence-electron chi connectivity index (χ0n) is 14.0. The van der Waals surface area contributed by atoms with Crippen LogP contribution < -0.4 is 14.8 Å². The van der Waals surface area contributed by atoms with Crippen molar-refractivity contribution in [2.45, 2.75) is 30.7 Å². The zero-order valence-corrected chi connectivity index (χ0v) is 15.7. The molecule has 1 aliphatic rings. The third-order valence-electron chi connectivity index (χ3n) is 3.91. The van der Waals surface area contributed by atoms with Crippen LogP contribution in [0, 0.1) is 5.82 Å². The second-order valence-electron chi connectivity index (χ2n) is 5.40.